The molecule has 0 bridgehead atoms. The van der Waals surface area contributed by atoms with Crippen LogP contribution >= 0.6 is 0 Å². The molecule has 0 aromatic heterocycles. The number of carbonyl (C=O) groups excluding carboxylic acids is 1. The van der Waals surface area contributed by atoms with Gasteiger partial charge in [-0.1, -0.05) is 24.3 Å². The van der Waals surface area contributed by atoms with Crippen molar-refractivity contribution in [2.75, 3.05) is 6.54 Å². The molecule has 1 amide bonds. The predicted octanol–water partition coefficient (Wildman–Crippen LogP) is 2.31. The first-order valence-corrected chi connectivity index (χ1v) is 5.92. The molecule has 0 atom stereocenters. The Kier molecular flexibility index (Phi) is 4.10. The van der Waals surface area contributed by atoms with E-state index < -0.39 is 18.4 Å². The minimum Gasteiger partial charge on any atom is -0.480 e. The van der Waals surface area contributed by atoms with Gasteiger partial charge in [0.1, 0.15) is 12.4 Å². The fraction of sp³-hybridized carbons (Fsp3) is 0.0667. The second kappa shape index (κ2) is 5.97. The molecule has 2 rings (SSSR count). The van der Waals surface area contributed by atoms with Crippen molar-refractivity contribution in [3.63, 3.8) is 0 Å². The number of halogens is 1. The molecule has 0 fully saturated rings. The first-order valence-electron chi connectivity index (χ1n) is 5.92. The molecule has 0 spiro atoms. The molecule has 0 saturated heterocycles. The van der Waals surface area contributed by atoms with E-state index in [9.17, 15) is 14.0 Å². The molecular weight excluding hydrogens is 261 g/mol. The lowest BCUT2D eigenvalue weighted by molar-refractivity contribution is -0.135. The van der Waals surface area contributed by atoms with Gasteiger partial charge in [0.15, 0.2) is 0 Å². The minimum absolute atomic E-state index is 0.307. The van der Waals surface area contributed by atoms with E-state index in [1.165, 1.54) is 12.1 Å². The van der Waals surface area contributed by atoms with Crippen LogP contribution in [0.2, 0.25) is 0 Å². The number of carboxylic acids is 1. The molecule has 5 heteroatoms. The van der Waals surface area contributed by atoms with Gasteiger partial charge in [-0.3, -0.25) is 9.59 Å². The van der Waals surface area contributed by atoms with Gasteiger partial charge in [0.05, 0.1) is 0 Å². The average Bonchev–Trinajstić information content (AvgIpc) is 2.46. The van der Waals surface area contributed by atoms with E-state index in [1.807, 2.05) is 0 Å². The van der Waals surface area contributed by atoms with Gasteiger partial charge in [-0.05, 0) is 35.4 Å². The Balaban J connectivity index is 2.11. The first-order chi connectivity index (χ1) is 9.56. The number of aliphatic carboxylic acids is 1. The van der Waals surface area contributed by atoms with Gasteiger partial charge in [0, 0.05) is 5.56 Å². The molecule has 0 aliphatic rings. The molecule has 0 saturated carbocycles. The lowest BCUT2D eigenvalue weighted by Gasteiger charge is -2.05. The summed E-state index contributed by atoms with van der Waals surface area (Å²) in [5.41, 5.74) is 2.06. The van der Waals surface area contributed by atoms with Crippen LogP contribution in [0.5, 0.6) is 0 Å². The van der Waals surface area contributed by atoms with Gasteiger partial charge in [0.2, 0.25) is 0 Å². The maximum absolute atomic E-state index is 12.8. The summed E-state index contributed by atoms with van der Waals surface area (Å²) >= 11 is 0. The van der Waals surface area contributed by atoms with Crippen LogP contribution in [0.1, 0.15) is 10.4 Å². The van der Waals surface area contributed by atoms with Crippen LogP contribution in [-0.2, 0) is 4.79 Å². The van der Waals surface area contributed by atoms with Crippen LogP contribution in [0, 0.1) is 5.82 Å². The normalized spacial score (nSPS) is 10.1. The molecule has 20 heavy (non-hydrogen) atoms. The van der Waals surface area contributed by atoms with Gasteiger partial charge < -0.3 is 10.4 Å². The van der Waals surface area contributed by atoms with Crippen LogP contribution in [0.3, 0.4) is 0 Å². The highest BCUT2D eigenvalue weighted by Gasteiger charge is 2.07. The van der Waals surface area contributed by atoms with Crippen LogP contribution in [0.15, 0.2) is 48.5 Å². The Morgan fingerprint density at radius 3 is 1.95 bits per heavy atom. The van der Waals surface area contributed by atoms with E-state index in [4.69, 9.17) is 5.11 Å². The monoisotopic (exact) mass is 273 g/mol. The highest BCUT2D eigenvalue weighted by atomic mass is 19.1. The third-order valence-electron chi connectivity index (χ3n) is 2.72. The number of nitrogens with one attached hydrogen (secondary N) is 1. The van der Waals surface area contributed by atoms with Gasteiger partial charge in [0.25, 0.3) is 5.91 Å². The van der Waals surface area contributed by atoms with E-state index in [2.05, 4.69) is 5.32 Å². The number of hydrogen-bond donors (Lipinski definition) is 2. The molecule has 2 N–H and O–H groups in total. The quantitative estimate of drug-likeness (QED) is 0.898. The molecule has 0 radical (unpaired) electrons. The summed E-state index contributed by atoms with van der Waals surface area (Å²) in [5, 5.41) is 10.8. The fourth-order valence-corrected chi connectivity index (χ4v) is 1.71. The zero-order chi connectivity index (χ0) is 14.5. The molecule has 0 unspecified atom stereocenters. The third kappa shape index (κ3) is 3.41. The van der Waals surface area contributed by atoms with E-state index in [0.717, 1.165) is 11.1 Å². The van der Waals surface area contributed by atoms with Crippen molar-refractivity contribution >= 4 is 11.9 Å². The first kappa shape index (κ1) is 13.7. The molecular formula is C15H12FNO3. The molecule has 4 nitrogen and oxygen atoms in total. The van der Waals surface area contributed by atoms with Crippen LogP contribution in [0.4, 0.5) is 4.39 Å². The lowest BCUT2D eigenvalue weighted by Crippen LogP contribution is -2.29. The van der Waals surface area contributed by atoms with E-state index in [-0.39, 0.29) is 5.82 Å². The minimum atomic E-state index is -1.10. The van der Waals surface area contributed by atoms with Crippen LogP contribution in [0.25, 0.3) is 11.1 Å². The van der Waals surface area contributed by atoms with Gasteiger partial charge in [-0.25, -0.2) is 4.39 Å². The van der Waals surface area contributed by atoms with Gasteiger partial charge in [-0.2, -0.15) is 0 Å². The Bertz CT molecular complexity index is 621. The highest BCUT2D eigenvalue weighted by Crippen LogP contribution is 2.20. The average molecular weight is 273 g/mol. The summed E-state index contributed by atoms with van der Waals surface area (Å²) < 4.78 is 12.8. The maximum Gasteiger partial charge on any atom is 0.322 e. The standard InChI is InChI=1S/C15H12FNO3/c16-13-7-5-11(6-8-13)10-1-3-12(4-2-10)15(20)17-9-14(18)19/h1-8H,9H2,(H,17,20)(H,18,19). The predicted molar refractivity (Wildman–Crippen MR) is 71.8 cm³/mol. The van der Waals surface area contributed by atoms with Gasteiger partial charge in [-0.15, -0.1) is 0 Å². The summed E-state index contributed by atoms with van der Waals surface area (Å²) in [5.74, 6) is -1.85. The Hall–Kier alpha value is -2.69. The zero-order valence-corrected chi connectivity index (χ0v) is 10.5. The van der Waals surface area contributed by atoms with E-state index in [1.54, 1.807) is 36.4 Å². The number of rotatable bonds is 4. The maximum atomic E-state index is 12.8. The lowest BCUT2D eigenvalue weighted by atomic mass is 10.0. The molecule has 0 aliphatic carbocycles. The number of hydrogen-bond acceptors (Lipinski definition) is 2. The van der Waals surface area contributed by atoms with E-state index >= 15 is 0 Å². The van der Waals surface area contributed by atoms with E-state index in [0.29, 0.717) is 5.56 Å². The van der Waals surface area contributed by atoms with Crippen molar-refractivity contribution in [1.82, 2.24) is 5.32 Å². The summed E-state index contributed by atoms with van der Waals surface area (Å²) in [4.78, 5) is 22.0. The summed E-state index contributed by atoms with van der Waals surface area (Å²) in [6.07, 6.45) is 0. The van der Waals surface area contributed by atoms with Crippen molar-refractivity contribution in [3.8, 4) is 11.1 Å². The third-order valence-corrected chi connectivity index (χ3v) is 2.72. The van der Waals surface area contributed by atoms with Gasteiger partial charge >= 0.3 is 5.97 Å². The largest absolute Gasteiger partial charge is 0.480 e. The van der Waals surface area contributed by atoms with Crippen molar-refractivity contribution in [2.45, 2.75) is 0 Å². The number of carboxylic acid groups (broad SMARTS) is 1. The fourth-order valence-electron chi connectivity index (χ4n) is 1.71. The Morgan fingerprint density at radius 1 is 0.950 bits per heavy atom. The Morgan fingerprint density at radius 2 is 1.45 bits per heavy atom. The van der Waals surface area contributed by atoms with Crippen LogP contribution in [-0.4, -0.2) is 23.5 Å². The number of carbonyl (C=O) groups is 2. The van der Waals surface area contributed by atoms with Crippen molar-refractivity contribution in [1.29, 1.82) is 0 Å². The molecule has 2 aromatic rings. The van der Waals surface area contributed by atoms with Crippen LogP contribution < -0.4 is 5.32 Å². The molecule has 0 aliphatic heterocycles. The summed E-state index contributed by atoms with van der Waals surface area (Å²) in [6.45, 7) is -0.418. The zero-order valence-electron chi connectivity index (χ0n) is 10.5. The van der Waals surface area contributed by atoms with Crippen molar-refractivity contribution in [2.24, 2.45) is 0 Å². The second-order valence-electron chi connectivity index (χ2n) is 4.16. The summed E-state index contributed by atoms with van der Waals surface area (Å²) in [7, 11) is 0. The summed E-state index contributed by atoms with van der Waals surface area (Å²) in [6, 6.07) is 12.7. The smallest absolute Gasteiger partial charge is 0.322 e. The molecule has 0 heterocycles. The SMILES string of the molecule is O=C(O)CNC(=O)c1ccc(-c2ccc(F)cc2)cc1. The molecule has 102 valence electrons. The van der Waals surface area contributed by atoms with Crippen molar-refractivity contribution < 1.29 is 19.1 Å². The number of amides is 1. The second-order valence-corrected chi connectivity index (χ2v) is 4.16. The molecule has 2 aromatic carbocycles. The number of benzene rings is 2. The Labute approximate surface area is 114 Å². The topological polar surface area (TPSA) is 66.4 Å². The highest BCUT2D eigenvalue weighted by molar-refractivity contribution is 5.96. The van der Waals surface area contributed by atoms with Crippen molar-refractivity contribution in [3.05, 3.63) is 59.9 Å².